The molecule has 1 rings (SSSR count). The highest BCUT2D eigenvalue weighted by Gasteiger charge is 2.09. The van der Waals surface area contributed by atoms with Crippen LogP contribution in [0.4, 0.5) is 5.69 Å². The summed E-state index contributed by atoms with van der Waals surface area (Å²) in [5, 5.41) is 11.5. The Labute approximate surface area is 89.1 Å². The molecule has 0 saturated heterocycles. The molecule has 0 radical (unpaired) electrons. The zero-order valence-electron chi connectivity index (χ0n) is 8.73. The van der Waals surface area contributed by atoms with E-state index in [4.69, 9.17) is 10.8 Å². The molecule has 82 valence electrons. The lowest BCUT2D eigenvalue weighted by molar-refractivity contribution is -0.138. The van der Waals surface area contributed by atoms with Crippen molar-refractivity contribution in [1.82, 2.24) is 0 Å². The minimum Gasteiger partial charge on any atom is -0.480 e. The molecule has 0 aliphatic carbocycles. The van der Waals surface area contributed by atoms with Crippen molar-refractivity contribution < 1.29 is 9.90 Å². The third-order valence-electron chi connectivity index (χ3n) is 2.21. The third kappa shape index (κ3) is 3.59. The first-order valence-electron chi connectivity index (χ1n) is 4.94. The average Bonchev–Trinajstić information content (AvgIpc) is 2.26. The Morgan fingerprint density at radius 3 is 2.53 bits per heavy atom. The topological polar surface area (TPSA) is 75.3 Å². The van der Waals surface area contributed by atoms with Crippen LogP contribution < -0.4 is 11.1 Å². The van der Waals surface area contributed by atoms with Gasteiger partial charge in [0.2, 0.25) is 0 Å². The number of aliphatic carboxylic acids is 1. The summed E-state index contributed by atoms with van der Waals surface area (Å²) in [5.74, 6) is -0.993. The van der Waals surface area contributed by atoms with Crippen molar-refractivity contribution in [2.75, 3.05) is 11.9 Å². The first kappa shape index (κ1) is 11.5. The summed E-state index contributed by atoms with van der Waals surface area (Å²) in [6.07, 6.45) is 0.995. The zero-order valence-corrected chi connectivity index (χ0v) is 8.73. The largest absolute Gasteiger partial charge is 0.480 e. The Morgan fingerprint density at radius 2 is 2.07 bits per heavy atom. The lowest BCUT2D eigenvalue weighted by Gasteiger charge is -2.09. The molecule has 0 aliphatic heterocycles. The fraction of sp³-hybridized carbons (Fsp3) is 0.364. The van der Waals surface area contributed by atoms with Gasteiger partial charge in [0, 0.05) is 12.2 Å². The molecule has 0 saturated carbocycles. The zero-order chi connectivity index (χ0) is 11.3. The maximum Gasteiger partial charge on any atom is 0.322 e. The van der Waals surface area contributed by atoms with E-state index in [1.807, 2.05) is 24.3 Å². The highest BCUT2D eigenvalue weighted by atomic mass is 16.4. The summed E-state index contributed by atoms with van der Waals surface area (Å²) in [5.41, 5.74) is 7.50. The van der Waals surface area contributed by atoms with Crippen LogP contribution in [0.3, 0.4) is 0 Å². The second-order valence-electron chi connectivity index (χ2n) is 3.38. The molecule has 4 N–H and O–H groups in total. The minimum atomic E-state index is -0.993. The van der Waals surface area contributed by atoms with Crippen LogP contribution in [-0.4, -0.2) is 23.7 Å². The Kier molecular flexibility index (Phi) is 4.12. The van der Waals surface area contributed by atoms with Gasteiger partial charge in [0.1, 0.15) is 6.04 Å². The van der Waals surface area contributed by atoms with Gasteiger partial charge < -0.3 is 16.2 Å². The Bertz CT molecular complexity index is 322. The molecule has 0 aromatic heterocycles. The van der Waals surface area contributed by atoms with E-state index in [1.54, 1.807) is 0 Å². The van der Waals surface area contributed by atoms with Gasteiger partial charge in [0.15, 0.2) is 0 Å². The van der Waals surface area contributed by atoms with Gasteiger partial charge in [0.05, 0.1) is 0 Å². The standard InChI is InChI=1S/C11H16N2O2/c1-2-8-3-5-9(6-4-8)13-7-10(12)11(14)15/h3-6,10,13H,2,7,12H2,1H3,(H,14,15). The maximum absolute atomic E-state index is 10.5. The molecule has 4 heteroatoms. The van der Waals surface area contributed by atoms with Crippen molar-refractivity contribution >= 4 is 11.7 Å². The molecule has 0 amide bonds. The second kappa shape index (κ2) is 5.36. The van der Waals surface area contributed by atoms with Crippen molar-refractivity contribution in [2.45, 2.75) is 19.4 Å². The molecule has 0 aliphatic rings. The van der Waals surface area contributed by atoms with E-state index >= 15 is 0 Å². The fourth-order valence-corrected chi connectivity index (χ4v) is 1.17. The van der Waals surface area contributed by atoms with Crippen LogP contribution in [0, 0.1) is 0 Å². The summed E-state index contributed by atoms with van der Waals surface area (Å²) in [7, 11) is 0. The van der Waals surface area contributed by atoms with Gasteiger partial charge in [-0.25, -0.2) is 0 Å². The van der Waals surface area contributed by atoms with E-state index in [-0.39, 0.29) is 6.54 Å². The van der Waals surface area contributed by atoms with Crippen molar-refractivity contribution in [3.63, 3.8) is 0 Å². The van der Waals surface area contributed by atoms with Gasteiger partial charge in [-0.3, -0.25) is 4.79 Å². The van der Waals surface area contributed by atoms with Gasteiger partial charge in [0.25, 0.3) is 0 Å². The van der Waals surface area contributed by atoms with E-state index in [2.05, 4.69) is 12.2 Å². The predicted molar refractivity (Wildman–Crippen MR) is 59.9 cm³/mol. The highest BCUT2D eigenvalue weighted by Crippen LogP contribution is 2.09. The maximum atomic E-state index is 10.5. The summed E-state index contributed by atoms with van der Waals surface area (Å²) in [4.78, 5) is 10.5. The van der Waals surface area contributed by atoms with Crippen LogP contribution in [0.5, 0.6) is 0 Å². The SMILES string of the molecule is CCc1ccc(NCC(N)C(=O)O)cc1. The van der Waals surface area contributed by atoms with Crippen LogP contribution in [0.2, 0.25) is 0 Å². The second-order valence-corrected chi connectivity index (χ2v) is 3.38. The van der Waals surface area contributed by atoms with E-state index < -0.39 is 12.0 Å². The molecule has 15 heavy (non-hydrogen) atoms. The van der Waals surface area contributed by atoms with Crippen molar-refractivity contribution in [2.24, 2.45) is 5.73 Å². The minimum absolute atomic E-state index is 0.237. The number of rotatable bonds is 5. The van der Waals surface area contributed by atoms with Crippen LogP contribution >= 0.6 is 0 Å². The molecule has 0 bridgehead atoms. The molecule has 1 unspecified atom stereocenters. The number of carbonyl (C=O) groups is 1. The van der Waals surface area contributed by atoms with Gasteiger partial charge in [-0.15, -0.1) is 0 Å². The molecule has 1 atom stereocenters. The molecule has 4 nitrogen and oxygen atoms in total. The van der Waals surface area contributed by atoms with Crippen LogP contribution in [-0.2, 0) is 11.2 Å². The lowest BCUT2D eigenvalue weighted by Crippen LogP contribution is -2.36. The molecule has 1 aromatic carbocycles. The summed E-state index contributed by atoms with van der Waals surface area (Å²) < 4.78 is 0. The molecular formula is C11H16N2O2. The number of anilines is 1. The van der Waals surface area contributed by atoms with Crippen molar-refractivity contribution in [3.05, 3.63) is 29.8 Å². The Morgan fingerprint density at radius 1 is 1.47 bits per heavy atom. The molecular weight excluding hydrogens is 192 g/mol. The molecule has 1 aromatic rings. The smallest absolute Gasteiger partial charge is 0.322 e. The normalized spacial score (nSPS) is 12.1. The van der Waals surface area contributed by atoms with E-state index in [0.717, 1.165) is 12.1 Å². The fourth-order valence-electron chi connectivity index (χ4n) is 1.17. The van der Waals surface area contributed by atoms with Crippen LogP contribution in [0.1, 0.15) is 12.5 Å². The molecule has 0 fully saturated rings. The first-order chi connectivity index (χ1) is 7.13. The van der Waals surface area contributed by atoms with Crippen molar-refractivity contribution in [3.8, 4) is 0 Å². The summed E-state index contributed by atoms with van der Waals surface area (Å²) in [6, 6.07) is 7.00. The van der Waals surface area contributed by atoms with Gasteiger partial charge in [-0.2, -0.15) is 0 Å². The predicted octanol–water partition coefficient (Wildman–Crippen LogP) is 1.07. The summed E-state index contributed by atoms with van der Waals surface area (Å²) >= 11 is 0. The number of carboxylic acids is 1. The van der Waals surface area contributed by atoms with Crippen LogP contribution in [0.25, 0.3) is 0 Å². The number of aryl methyl sites for hydroxylation is 1. The Balaban J connectivity index is 2.47. The molecule has 0 spiro atoms. The number of nitrogens with two attached hydrogens (primary N) is 1. The average molecular weight is 208 g/mol. The summed E-state index contributed by atoms with van der Waals surface area (Å²) in [6.45, 7) is 2.32. The van der Waals surface area contributed by atoms with Gasteiger partial charge in [-0.05, 0) is 24.1 Å². The Hall–Kier alpha value is -1.55. The number of hydrogen-bond acceptors (Lipinski definition) is 3. The third-order valence-corrected chi connectivity index (χ3v) is 2.21. The number of carboxylic acid groups (broad SMARTS) is 1. The number of benzene rings is 1. The molecule has 0 heterocycles. The number of nitrogens with one attached hydrogen (secondary N) is 1. The first-order valence-corrected chi connectivity index (χ1v) is 4.94. The lowest BCUT2D eigenvalue weighted by atomic mass is 10.1. The highest BCUT2D eigenvalue weighted by molar-refractivity contribution is 5.74. The monoisotopic (exact) mass is 208 g/mol. The van der Waals surface area contributed by atoms with E-state index in [9.17, 15) is 4.79 Å². The quantitative estimate of drug-likeness (QED) is 0.676. The van der Waals surface area contributed by atoms with Crippen molar-refractivity contribution in [1.29, 1.82) is 0 Å². The number of hydrogen-bond donors (Lipinski definition) is 3. The van der Waals surface area contributed by atoms with Gasteiger partial charge >= 0.3 is 5.97 Å². The van der Waals surface area contributed by atoms with E-state index in [0.29, 0.717) is 0 Å². The van der Waals surface area contributed by atoms with E-state index in [1.165, 1.54) is 5.56 Å². The van der Waals surface area contributed by atoms with Crippen LogP contribution in [0.15, 0.2) is 24.3 Å². The van der Waals surface area contributed by atoms with Gasteiger partial charge in [-0.1, -0.05) is 19.1 Å².